The summed E-state index contributed by atoms with van der Waals surface area (Å²) in [6.07, 6.45) is 0.580. The Kier molecular flexibility index (Phi) is 5.55. The fourth-order valence-corrected chi connectivity index (χ4v) is 5.40. The van der Waals surface area contributed by atoms with Crippen molar-refractivity contribution in [3.8, 4) is 5.75 Å². The molecule has 0 spiro atoms. The third-order valence-corrected chi connectivity index (χ3v) is 7.64. The maximum absolute atomic E-state index is 13.0. The third kappa shape index (κ3) is 4.13. The lowest BCUT2D eigenvalue weighted by Gasteiger charge is -2.36. The van der Waals surface area contributed by atoms with Crippen LogP contribution in [0.15, 0.2) is 47.4 Å². The van der Waals surface area contributed by atoms with E-state index in [4.69, 9.17) is 16.3 Å². The SMILES string of the molecule is Cc1ccc(S(=O)(=O)N2CCN(C(=O)C3COc4ccc(Cl)cc4C3)CC2)cc1. The molecule has 2 aromatic carbocycles. The number of carbonyl (C=O) groups excluding carboxylic acids is 1. The van der Waals surface area contributed by atoms with E-state index in [0.29, 0.717) is 31.1 Å². The highest BCUT2D eigenvalue weighted by Gasteiger charge is 2.34. The number of piperazine rings is 1. The number of nitrogens with zero attached hydrogens (tertiary/aromatic N) is 2. The van der Waals surface area contributed by atoms with E-state index in [-0.39, 0.29) is 29.8 Å². The van der Waals surface area contributed by atoms with Crippen LogP contribution in [-0.2, 0) is 21.2 Å². The number of hydrogen-bond donors (Lipinski definition) is 0. The van der Waals surface area contributed by atoms with E-state index in [2.05, 4.69) is 0 Å². The Bertz CT molecular complexity index is 1020. The zero-order valence-corrected chi connectivity index (χ0v) is 17.7. The third-order valence-electron chi connectivity index (χ3n) is 5.49. The molecule has 4 rings (SSSR count). The zero-order valence-electron chi connectivity index (χ0n) is 16.2. The van der Waals surface area contributed by atoms with E-state index >= 15 is 0 Å². The van der Waals surface area contributed by atoms with Crippen molar-refractivity contribution in [2.75, 3.05) is 32.8 Å². The molecule has 1 atom stereocenters. The van der Waals surface area contributed by atoms with E-state index < -0.39 is 10.0 Å². The highest BCUT2D eigenvalue weighted by Crippen LogP contribution is 2.31. The van der Waals surface area contributed by atoms with Gasteiger partial charge in [0.05, 0.1) is 10.8 Å². The van der Waals surface area contributed by atoms with Gasteiger partial charge in [-0.1, -0.05) is 29.3 Å². The molecule has 0 saturated carbocycles. The average Bonchev–Trinajstić information content (AvgIpc) is 2.73. The average molecular weight is 435 g/mol. The lowest BCUT2D eigenvalue weighted by Crippen LogP contribution is -2.52. The summed E-state index contributed by atoms with van der Waals surface area (Å²) in [5.74, 6) is 0.497. The van der Waals surface area contributed by atoms with Crippen LogP contribution < -0.4 is 4.74 Å². The molecule has 6 nitrogen and oxygen atoms in total. The minimum atomic E-state index is -3.54. The highest BCUT2D eigenvalue weighted by molar-refractivity contribution is 7.89. The van der Waals surface area contributed by atoms with Crippen molar-refractivity contribution in [2.24, 2.45) is 5.92 Å². The van der Waals surface area contributed by atoms with Gasteiger partial charge in [0.2, 0.25) is 15.9 Å². The normalized spacial score (nSPS) is 20.1. The summed E-state index contributed by atoms with van der Waals surface area (Å²) in [6.45, 7) is 3.58. The fraction of sp³-hybridized carbons (Fsp3) is 0.381. The number of carbonyl (C=O) groups is 1. The summed E-state index contributed by atoms with van der Waals surface area (Å²) in [6, 6.07) is 12.3. The molecule has 0 aromatic heterocycles. The molecule has 0 bridgehead atoms. The smallest absolute Gasteiger partial charge is 0.243 e. The minimum Gasteiger partial charge on any atom is -0.492 e. The van der Waals surface area contributed by atoms with Crippen LogP contribution in [0.1, 0.15) is 11.1 Å². The van der Waals surface area contributed by atoms with Gasteiger partial charge in [-0.3, -0.25) is 4.79 Å². The molecule has 1 fully saturated rings. The topological polar surface area (TPSA) is 66.9 Å². The summed E-state index contributed by atoms with van der Waals surface area (Å²) in [5.41, 5.74) is 1.94. The van der Waals surface area contributed by atoms with Crippen molar-refractivity contribution in [1.29, 1.82) is 0 Å². The zero-order chi connectivity index (χ0) is 20.6. The van der Waals surface area contributed by atoms with E-state index in [9.17, 15) is 13.2 Å². The molecule has 29 heavy (non-hydrogen) atoms. The molecule has 0 aliphatic carbocycles. The van der Waals surface area contributed by atoms with Gasteiger partial charge in [0.1, 0.15) is 12.4 Å². The number of ether oxygens (including phenoxy) is 1. The van der Waals surface area contributed by atoms with Gasteiger partial charge in [0, 0.05) is 31.2 Å². The summed E-state index contributed by atoms with van der Waals surface area (Å²) in [7, 11) is -3.54. The predicted molar refractivity (Wildman–Crippen MR) is 111 cm³/mol. The maximum atomic E-state index is 13.0. The second kappa shape index (κ2) is 7.97. The van der Waals surface area contributed by atoms with E-state index in [1.807, 2.05) is 19.1 Å². The summed E-state index contributed by atoms with van der Waals surface area (Å²) < 4.78 is 32.9. The highest BCUT2D eigenvalue weighted by atomic mass is 35.5. The van der Waals surface area contributed by atoms with Gasteiger partial charge in [-0.05, 0) is 49.2 Å². The van der Waals surface area contributed by atoms with Crippen molar-refractivity contribution in [3.05, 3.63) is 58.6 Å². The fourth-order valence-electron chi connectivity index (χ4n) is 3.79. The Hall–Kier alpha value is -2.09. The van der Waals surface area contributed by atoms with Crippen LogP contribution in [0.4, 0.5) is 0 Å². The first-order chi connectivity index (χ1) is 13.8. The van der Waals surface area contributed by atoms with Gasteiger partial charge < -0.3 is 9.64 Å². The number of aryl methyl sites for hydroxylation is 1. The van der Waals surface area contributed by atoms with Gasteiger partial charge >= 0.3 is 0 Å². The first-order valence-corrected chi connectivity index (χ1v) is 11.4. The predicted octanol–water partition coefficient (Wildman–Crippen LogP) is 2.73. The van der Waals surface area contributed by atoms with Crippen LogP contribution in [0.5, 0.6) is 5.75 Å². The van der Waals surface area contributed by atoms with Gasteiger partial charge in [-0.15, -0.1) is 0 Å². The van der Waals surface area contributed by atoms with Gasteiger partial charge in [-0.2, -0.15) is 4.31 Å². The lowest BCUT2D eigenvalue weighted by molar-refractivity contribution is -0.138. The van der Waals surface area contributed by atoms with Gasteiger partial charge in [0.15, 0.2) is 0 Å². The summed E-state index contributed by atoms with van der Waals surface area (Å²) >= 11 is 6.06. The Balaban J connectivity index is 1.39. The largest absolute Gasteiger partial charge is 0.492 e. The molecule has 154 valence electrons. The van der Waals surface area contributed by atoms with Crippen LogP contribution in [0.3, 0.4) is 0 Å². The van der Waals surface area contributed by atoms with Crippen molar-refractivity contribution < 1.29 is 17.9 Å². The molecular weight excluding hydrogens is 412 g/mol. The maximum Gasteiger partial charge on any atom is 0.243 e. The Morgan fingerprint density at radius 3 is 2.45 bits per heavy atom. The number of halogens is 1. The van der Waals surface area contributed by atoms with Crippen molar-refractivity contribution in [2.45, 2.75) is 18.2 Å². The molecule has 0 radical (unpaired) electrons. The number of sulfonamides is 1. The molecular formula is C21H23ClN2O4S. The molecule has 2 heterocycles. The number of rotatable bonds is 3. The van der Waals surface area contributed by atoms with Gasteiger partial charge in [-0.25, -0.2) is 8.42 Å². The lowest BCUT2D eigenvalue weighted by atomic mass is 9.95. The van der Waals surface area contributed by atoms with E-state index in [1.165, 1.54) is 4.31 Å². The van der Waals surface area contributed by atoms with Crippen LogP contribution in [0.25, 0.3) is 0 Å². The molecule has 0 N–H and O–H groups in total. The molecule has 1 unspecified atom stereocenters. The Labute approximate surface area is 176 Å². The summed E-state index contributed by atoms with van der Waals surface area (Å²) in [4.78, 5) is 15.0. The molecule has 1 saturated heterocycles. The van der Waals surface area contributed by atoms with Crippen LogP contribution in [0.2, 0.25) is 5.02 Å². The standard InChI is InChI=1S/C21H23ClN2O4S/c1-15-2-5-19(6-3-15)29(26,27)24-10-8-23(9-11-24)21(25)17-12-16-13-18(22)4-7-20(16)28-14-17/h2-7,13,17H,8-12,14H2,1H3. The number of amides is 1. The number of fused-ring (bicyclic) bond motifs is 1. The Morgan fingerprint density at radius 2 is 1.76 bits per heavy atom. The van der Waals surface area contributed by atoms with E-state index in [1.54, 1.807) is 35.2 Å². The number of hydrogen-bond acceptors (Lipinski definition) is 4. The quantitative estimate of drug-likeness (QED) is 0.745. The van der Waals surface area contributed by atoms with Crippen molar-refractivity contribution >= 4 is 27.5 Å². The summed E-state index contributed by atoms with van der Waals surface area (Å²) in [5, 5.41) is 0.621. The van der Waals surface area contributed by atoms with E-state index in [0.717, 1.165) is 16.9 Å². The Morgan fingerprint density at radius 1 is 1.07 bits per heavy atom. The molecule has 2 aliphatic heterocycles. The minimum absolute atomic E-state index is 0.00279. The molecule has 2 aliphatic rings. The van der Waals surface area contributed by atoms with Gasteiger partial charge in [0.25, 0.3) is 0 Å². The molecule has 1 amide bonds. The van der Waals surface area contributed by atoms with Crippen LogP contribution in [0, 0.1) is 12.8 Å². The first kappa shape index (κ1) is 20.2. The van der Waals surface area contributed by atoms with Crippen molar-refractivity contribution in [3.63, 3.8) is 0 Å². The number of benzene rings is 2. The second-order valence-corrected chi connectivity index (χ2v) is 9.88. The van der Waals surface area contributed by atoms with Crippen molar-refractivity contribution in [1.82, 2.24) is 9.21 Å². The second-order valence-electron chi connectivity index (χ2n) is 7.51. The van der Waals surface area contributed by atoms with Crippen LogP contribution >= 0.6 is 11.6 Å². The monoisotopic (exact) mass is 434 g/mol. The molecule has 2 aromatic rings. The van der Waals surface area contributed by atoms with Crippen LogP contribution in [-0.4, -0.2) is 56.3 Å². The molecule has 8 heteroatoms. The first-order valence-electron chi connectivity index (χ1n) is 9.61.